The maximum Gasteiger partial charge on any atom is 0.191 e. The monoisotopic (exact) mass is 449 g/mol. The third-order valence-corrected chi connectivity index (χ3v) is 5.34. The molecule has 22 heavy (non-hydrogen) atoms. The molecule has 122 valence electrons. The van der Waals surface area contributed by atoms with Gasteiger partial charge in [0, 0.05) is 23.3 Å². The van der Waals surface area contributed by atoms with Crippen LogP contribution in [0.5, 0.6) is 0 Å². The summed E-state index contributed by atoms with van der Waals surface area (Å²) in [6, 6.07) is 6.58. The lowest BCUT2D eigenvalue weighted by atomic mass is 10.1. The van der Waals surface area contributed by atoms with Crippen LogP contribution in [0.2, 0.25) is 0 Å². The van der Waals surface area contributed by atoms with Crippen LogP contribution in [-0.4, -0.2) is 19.6 Å². The van der Waals surface area contributed by atoms with Gasteiger partial charge in [0.2, 0.25) is 0 Å². The van der Waals surface area contributed by atoms with Crippen LogP contribution in [0.1, 0.15) is 35.1 Å². The van der Waals surface area contributed by atoms with E-state index in [0.29, 0.717) is 5.92 Å². The van der Waals surface area contributed by atoms with Crippen molar-refractivity contribution in [3.05, 3.63) is 44.3 Å². The molecule has 0 aliphatic carbocycles. The molecule has 1 atom stereocenters. The third-order valence-electron chi connectivity index (χ3n) is 3.41. The number of rotatable bonds is 6. The Morgan fingerprint density at radius 1 is 1.23 bits per heavy atom. The fraction of sp³-hybridized carbons (Fsp3) is 0.438. The second-order valence-corrected chi connectivity index (χ2v) is 7.02. The second kappa shape index (κ2) is 10.2. The molecular weight excluding hydrogens is 425 g/mol. The third kappa shape index (κ3) is 5.89. The SMILES string of the molecule is CCc1ccc(CNC(=NC)NCC(C)c2ccsc2)s1.I. The van der Waals surface area contributed by atoms with Gasteiger partial charge in [0.25, 0.3) is 0 Å². The normalized spacial score (nSPS) is 12.6. The van der Waals surface area contributed by atoms with Crippen molar-refractivity contribution in [3.63, 3.8) is 0 Å². The van der Waals surface area contributed by atoms with Gasteiger partial charge < -0.3 is 10.6 Å². The minimum absolute atomic E-state index is 0. The zero-order chi connectivity index (χ0) is 15.1. The molecule has 2 N–H and O–H groups in total. The molecule has 3 nitrogen and oxygen atoms in total. The molecule has 0 radical (unpaired) electrons. The summed E-state index contributed by atoms with van der Waals surface area (Å²) in [4.78, 5) is 7.06. The summed E-state index contributed by atoms with van der Waals surface area (Å²) < 4.78 is 0. The van der Waals surface area contributed by atoms with Gasteiger partial charge in [-0.3, -0.25) is 4.99 Å². The number of thiophene rings is 2. The Balaban J connectivity index is 0.00000242. The summed E-state index contributed by atoms with van der Waals surface area (Å²) in [7, 11) is 1.82. The lowest BCUT2D eigenvalue weighted by Gasteiger charge is -2.15. The van der Waals surface area contributed by atoms with Crippen molar-refractivity contribution < 1.29 is 0 Å². The van der Waals surface area contributed by atoms with E-state index in [4.69, 9.17) is 0 Å². The first kappa shape index (κ1) is 19.4. The van der Waals surface area contributed by atoms with E-state index in [0.717, 1.165) is 25.5 Å². The van der Waals surface area contributed by atoms with Crippen LogP contribution >= 0.6 is 46.7 Å². The predicted octanol–water partition coefficient (Wildman–Crippen LogP) is 4.46. The molecule has 1 unspecified atom stereocenters. The van der Waals surface area contributed by atoms with Crippen LogP contribution in [0.25, 0.3) is 0 Å². The van der Waals surface area contributed by atoms with Crippen LogP contribution in [-0.2, 0) is 13.0 Å². The summed E-state index contributed by atoms with van der Waals surface area (Å²) in [5.41, 5.74) is 1.38. The van der Waals surface area contributed by atoms with Gasteiger partial charge in [0.1, 0.15) is 0 Å². The molecule has 2 heterocycles. The molecule has 0 bridgehead atoms. The molecule has 0 aliphatic rings. The van der Waals surface area contributed by atoms with Crippen molar-refractivity contribution in [2.45, 2.75) is 32.7 Å². The van der Waals surface area contributed by atoms with Gasteiger partial charge in [-0.2, -0.15) is 11.3 Å². The molecular formula is C16H24IN3S2. The van der Waals surface area contributed by atoms with Crippen LogP contribution in [0.3, 0.4) is 0 Å². The van der Waals surface area contributed by atoms with Crippen molar-refractivity contribution >= 4 is 52.6 Å². The highest BCUT2D eigenvalue weighted by Crippen LogP contribution is 2.17. The Hall–Kier alpha value is -0.600. The highest BCUT2D eigenvalue weighted by molar-refractivity contribution is 14.0. The van der Waals surface area contributed by atoms with Gasteiger partial charge in [-0.1, -0.05) is 13.8 Å². The minimum atomic E-state index is 0. The standard InChI is InChI=1S/C16H23N3S2.HI/c1-4-14-5-6-15(21-14)10-19-16(17-3)18-9-12(2)13-7-8-20-11-13;/h5-8,11-12H,4,9-10H2,1-3H3,(H2,17,18,19);1H. The zero-order valence-electron chi connectivity index (χ0n) is 13.3. The van der Waals surface area contributed by atoms with Crippen molar-refractivity contribution in [1.29, 1.82) is 0 Å². The minimum Gasteiger partial charge on any atom is -0.356 e. The first-order valence-corrected chi connectivity index (χ1v) is 9.03. The highest BCUT2D eigenvalue weighted by atomic mass is 127. The lowest BCUT2D eigenvalue weighted by Crippen LogP contribution is -2.38. The number of hydrogen-bond acceptors (Lipinski definition) is 3. The molecule has 0 aliphatic heterocycles. The number of halogens is 1. The summed E-state index contributed by atoms with van der Waals surface area (Å²) in [5, 5.41) is 11.1. The quantitative estimate of drug-likeness (QED) is 0.388. The second-order valence-electron chi connectivity index (χ2n) is 4.99. The number of aryl methyl sites for hydroxylation is 1. The average molecular weight is 449 g/mol. The van der Waals surface area contributed by atoms with E-state index in [2.05, 4.69) is 58.4 Å². The van der Waals surface area contributed by atoms with E-state index < -0.39 is 0 Å². The van der Waals surface area contributed by atoms with Crippen LogP contribution < -0.4 is 10.6 Å². The first-order chi connectivity index (χ1) is 10.2. The van der Waals surface area contributed by atoms with Gasteiger partial charge >= 0.3 is 0 Å². The van der Waals surface area contributed by atoms with Crippen LogP contribution in [0.4, 0.5) is 0 Å². The molecule has 0 saturated carbocycles. The number of guanidine groups is 1. The predicted molar refractivity (Wildman–Crippen MR) is 110 cm³/mol. The van der Waals surface area contributed by atoms with Crippen molar-refractivity contribution in [2.24, 2.45) is 4.99 Å². The number of nitrogens with one attached hydrogen (secondary N) is 2. The molecule has 2 aromatic rings. The highest BCUT2D eigenvalue weighted by Gasteiger charge is 2.07. The summed E-state index contributed by atoms with van der Waals surface area (Å²) in [6.07, 6.45) is 1.11. The Morgan fingerprint density at radius 2 is 2.00 bits per heavy atom. The van der Waals surface area contributed by atoms with Crippen molar-refractivity contribution in [1.82, 2.24) is 10.6 Å². The average Bonchev–Trinajstić information content (AvgIpc) is 3.18. The Labute approximate surface area is 158 Å². The maximum atomic E-state index is 4.29. The molecule has 2 rings (SSSR count). The molecule has 2 aromatic heterocycles. The van der Waals surface area contributed by atoms with Crippen LogP contribution in [0.15, 0.2) is 34.0 Å². The van der Waals surface area contributed by atoms with Gasteiger partial charge in [-0.05, 0) is 46.9 Å². The first-order valence-electron chi connectivity index (χ1n) is 7.27. The zero-order valence-corrected chi connectivity index (χ0v) is 17.2. The Bertz CT molecular complexity index is 564. The summed E-state index contributed by atoms with van der Waals surface area (Å²) in [6.45, 7) is 6.14. The van der Waals surface area contributed by atoms with E-state index in [1.807, 2.05) is 18.4 Å². The molecule has 0 spiro atoms. The van der Waals surface area contributed by atoms with E-state index in [-0.39, 0.29) is 24.0 Å². The fourth-order valence-electron chi connectivity index (χ4n) is 2.02. The van der Waals surface area contributed by atoms with Crippen molar-refractivity contribution in [3.8, 4) is 0 Å². The van der Waals surface area contributed by atoms with Crippen LogP contribution in [0, 0.1) is 0 Å². The van der Waals surface area contributed by atoms with Crippen molar-refractivity contribution in [2.75, 3.05) is 13.6 Å². The largest absolute Gasteiger partial charge is 0.356 e. The van der Waals surface area contributed by atoms with Gasteiger partial charge in [0.15, 0.2) is 5.96 Å². The Morgan fingerprint density at radius 3 is 2.59 bits per heavy atom. The number of aliphatic imine (C=N–C) groups is 1. The summed E-state index contributed by atoms with van der Waals surface area (Å²) >= 11 is 3.61. The lowest BCUT2D eigenvalue weighted by molar-refractivity contribution is 0.702. The van der Waals surface area contributed by atoms with E-state index in [9.17, 15) is 0 Å². The number of nitrogens with zero attached hydrogens (tertiary/aromatic N) is 1. The van der Waals surface area contributed by atoms with E-state index in [1.54, 1.807) is 11.3 Å². The van der Waals surface area contributed by atoms with E-state index in [1.165, 1.54) is 15.3 Å². The molecule has 0 saturated heterocycles. The molecule has 0 aromatic carbocycles. The summed E-state index contributed by atoms with van der Waals surface area (Å²) in [5.74, 6) is 1.35. The van der Waals surface area contributed by atoms with Gasteiger partial charge in [0.05, 0.1) is 6.54 Å². The van der Waals surface area contributed by atoms with Gasteiger partial charge in [-0.25, -0.2) is 0 Å². The topological polar surface area (TPSA) is 36.4 Å². The smallest absolute Gasteiger partial charge is 0.191 e. The molecule has 6 heteroatoms. The Kier molecular flexibility index (Phi) is 9.04. The molecule has 0 amide bonds. The fourth-order valence-corrected chi connectivity index (χ4v) is 3.70. The number of hydrogen-bond donors (Lipinski definition) is 2. The van der Waals surface area contributed by atoms with Gasteiger partial charge in [-0.15, -0.1) is 35.3 Å². The molecule has 0 fully saturated rings. The maximum absolute atomic E-state index is 4.29. The van der Waals surface area contributed by atoms with E-state index >= 15 is 0 Å².